The van der Waals surface area contributed by atoms with E-state index < -0.39 is 5.60 Å². The van der Waals surface area contributed by atoms with Crippen LogP contribution in [0.5, 0.6) is 0 Å². The molecule has 0 radical (unpaired) electrons. The van der Waals surface area contributed by atoms with Crippen LogP contribution in [-0.4, -0.2) is 47.1 Å². The van der Waals surface area contributed by atoms with Gasteiger partial charge in [-0.05, 0) is 51.7 Å². The molecule has 0 aliphatic carbocycles. The van der Waals surface area contributed by atoms with Crippen molar-refractivity contribution in [1.29, 1.82) is 0 Å². The number of likely N-dealkylation sites (tertiary alicyclic amines) is 1. The highest BCUT2D eigenvalue weighted by Gasteiger charge is 2.27. The molecule has 1 aliphatic rings. The van der Waals surface area contributed by atoms with Crippen molar-refractivity contribution in [2.45, 2.75) is 39.2 Å². The van der Waals surface area contributed by atoms with Crippen LogP contribution in [0.4, 0.5) is 4.79 Å². The zero-order valence-electron chi connectivity index (χ0n) is 14.3. The highest BCUT2D eigenvalue weighted by Crippen LogP contribution is 2.19. The summed E-state index contributed by atoms with van der Waals surface area (Å²) < 4.78 is 5.41. The first-order chi connectivity index (χ1) is 11.3. The summed E-state index contributed by atoms with van der Waals surface area (Å²) in [4.78, 5) is 29.9. The summed E-state index contributed by atoms with van der Waals surface area (Å²) in [7, 11) is 0. The number of ether oxygens (including phenoxy) is 1. The molecule has 1 saturated heterocycles. The van der Waals surface area contributed by atoms with E-state index in [2.05, 4.69) is 10.3 Å². The first kappa shape index (κ1) is 18.5. The van der Waals surface area contributed by atoms with E-state index >= 15 is 0 Å². The number of amides is 2. The fourth-order valence-electron chi connectivity index (χ4n) is 2.61. The van der Waals surface area contributed by atoms with Crippen molar-refractivity contribution in [3.8, 4) is 0 Å². The second-order valence-electron chi connectivity index (χ2n) is 6.99. The molecule has 0 bridgehead atoms. The van der Waals surface area contributed by atoms with Crippen LogP contribution >= 0.6 is 11.6 Å². The molecule has 1 fully saturated rings. The number of aromatic nitrogens is 1. The number of nitrogens with zero attached hydrogens (tertiary/aromatic N) is 2. The van der Waals surface area contributed by atoms with Gasteiger partial charge in [0.1, 0.15) is 10.8 Å². The van der Waals surface area contributed by atoms with Gasteiger partial charge in [0.15, 0.2) is 0 Å². The van der Waals surface area contributed by atoms with Gasteiger partial charge in [-0.3, -0.25) is 4.79 Å². The highest BCUT2D eigenvalue weighted by atomic mass is 35.5. The molecule has 1 aromatic heterocycles. The Kier molecular flexibility index (Phi) is 6.04. The summed E-state index contributed by atoms with van der Waals surface area (Å²) in [5.74, 6) is -0.0480. The quantitative estimate of drug-likeness (QED) is 0.847. The third kappa shape index (κ3) is 5.37. The van der Waals surface area contributed by atoms with E-state index in [9.17, 15) is 9.59 Å². The molecule has 7 heteroatoms. The fraction of sp³-hybridized carbons (Fsp3) is 0.588. The van der Waals surface area contributed by atoms with Crippen LogP contribution in [0.15, 0.2) is 18.3 Å². The molecule has 2 heterocycles. The molecule has 2 amide bonds. The van der Waals surface area contributed by atoms with Crippen molar-refractivity contribution in [1.82, 2.24) is 15.2 Å². The lowest BCUT2D eigenvalue weighted by Gasteiger charge is -2.34. The minimum atomic E-state index is -0.505. The first-order valence-corrected chi connectivity index (χ1v) is 8.50. The molecular weight excluding hydrogens is 330 g/mol. The van der Waals surface area contributed by atoms with E-state index in [1.165, 1.54) is 0 Å². The smallest absolute Gasteiger partial charge is 0.410 e. The third-order valence-corrected chi connectivity index (χ3v) is 4.03. The lowest BCUT2D eigenvalue weighted by Crippen LogP contribution is -2.45. The maximum absolute atomic E-state index is 12.2. The van der Waals surface area contributed by atoms with Crippen molar-refractivity contribution >= 4 is 23.6 Å². The number of pyridine rings is 1. The Hall–Kier alpha value is -1.82. The number of piperidine rings is 1. The van der Waals surface area contributed by atoms with E-state index in [1.54, 1.807) is 23.2 Å². The van der Waals surface area contributed by atoms with E-state index in [1.807, 2.05) is 20.8 Å². The lowest BCUT2D eigenvalue weighted by molar-refractivity contribution is 0.0167. The average molecular weight is 354 g/mol. The van der Waals surface area contributed by atoms with Crippen molar-refractivity contribution in [3.63, 3.8) is 0 Å². The monoisotopic (exact) mass is 353 g/mol. The van der Waals surface area contributed by atoms with Gasteiger partial charge in [-0.1, -0.05) is 11.6 Å². The van der Waals surface area contributed by atoms with Gasteiger partial charge in [-0.2, -0.15) is 0 Å². The molecule has 0 aromatic carbocycles. The molecule has 1 N–H and O–H groups in total. The Bertz CT molecular complexity index is 601. The van der Waals surface area contributed by atoms with E-state index in [-0.39, 0.29) is 23.1 Å². The SMILES string of the molecule is CC(C)(C)OC(=O)N1CCCC(CNC(=O)c2cccnc2Cl)C1. The predicted molar refractivity (Wildman–Crippen MR) is 92.1 cm³/mol. The van der Waals surface area contributed by atoms with Gasteiger partial charge in [-0.25, -0.2) is 9.78 Å². The minimum absolute atomic E-state index is 0.189. The summed E-state index contributed by atoms with van der Waals surface area (Å²) in [5.41, 5.74) is -0.144. The van der Waals surface area contributed by atoms with E-state index in [0.717, 1.165) is 12.8 Å². The van der Waals surface area contributed by atoms with E-state index in [4.69, 9.17) is 16.3 Å². The second kappa shape index (κ2) is 7.83. The Morgan fingerprint density at radius 3 is 2.88 bits per heavy atom. The number of hydrogen-bond donors (Lipinski definition) is 1. The number of halogens is 1. The Balaban J connectivity index is 1.86. The zero-order valence-corrected chi connectivity index (χ0v) is 15.1. The van der Waals surface area contributed by atoms with Gasteiger partial charge in [0.25, 0.3) is 5.91 Å². The molecule has 2 rings (SSSR count). The van der Waals surface area contributed by atoms with Crippen LogP contribution in [0.1, 0.15) is 44.0 Å². The van der Waals surface area contributed by atoms with Crippen molar-refractivity contribution in [3.05, 3.63) is 29.0 Å². The molecule has 1 unspecified atom stereocenters. The normalized spacial score (nSPS) is 18.2. The van der Waals surface area contributed by atoms with Crippen molar-refractivity contribution in [2.24, 2.45) is 5.92 Å². The Labute approximate surface area is 147 Å². The number of carbonyl (C=O) groups is 2. The van der Waals surface area contributed by atoms with Gasteiger partial charge in [0.05, 0.1) is 5.56 Å². The standard InChI is InChI=1S/C17H24ClN3O3/c1-17(2,3)24-16(23)21-9-5-6-12(11-21)10-20-15(22)13-7-4-8-19-14(13)18/h4,7-8,12H,5-6,9-11H2,1-3H3,(H,20,22). The lowest BCUT2D eigenvalue weighted by atomic mass is 9.98. The molecule has 132 valence electrons. The Morgan fingerprint density at radius 2 is 2.21 bits per heavy atom. The molecule has 0 saturated carbocycles. The molecule has 1 aromatic rings. The van der Waals surface area contributed by atoms with Crippen LogP contribution < -0.4 is 5.32 Å². The molecule has 1 aliphatic heterocycles. The van der Waals surface area contributed by atoms with Gasteiger partial charge < -0.3 is 15.0 Å². The van der Waals surface area contributed by atoms with E-state index in [0.29, 0.717) is 25.2 Å². The fourth-order valence-corrected chi connectivity index (χ4v) is 2.82. The number of hydrogen-bond acceptors (Lipinski definition) is 4. The number of rotatable bonds is 3. The summed E-state index contributed by atoms with van der Waals surface area (Å²) >= 11 is 5.93. The molecule has 0 spiro atoms. The van der Waals surface area contributed by atoms with Crippen LogP contribution in [0.25, 0.3) is 0 Å². The van der Waals surface area contributed by atoms with Crippen LogP contribution in [0, 0.1) is 5.92 Å². The van der Waals surface area contributed by atoms with Crippen LogP contribution in [0.3, 0.4) is 0 Å². The summed E-state index contributed by atoms with van der Waals surface area (Å²) in [6.07, 6.45) is 3.10. The third-order valence-electron chi connectivity index (χ3n) is 3.73. The average Bonchev–Trinajstić information content (AvgIpc) is 2.52. The van der Waals surface area contributed by atoms with Crippen molar-refractivity contribution in [2.75, 3.05) is 19.6 Å². The topological polar surface area (TPSA) is 71.5 Å². The number of nitrogens with one attached hydrogen (secondary N) is 1. The first-order valence-electron chi connectivity index (χ1n) is 8.13. The summed E-state index contributed by atoms with van der Waals surface area (Å²) in [6, 6.07) is 3.31. The van der Waals surface area contributed by atoms with Gasteiger partial charge in [-0.15, -0.1) is 0 Å². The predicted octanol–water partition coefficient (Wildman–Crippen LogP) is 3.11. The minimum Gasteiger partial charge on any atom is -0.444 e. The Morgan fingerprint density at radius 1 is 1.46 bits per heavy atom. The van der Waals surface area contributed by atoms with Crippen LogP contribution in [-0.2, 0) is 4.74 Å². The highest BCUT2D eigenvalue weighted by molar-refractivity contribution is 6.32. The molecular formula is C17H24ClN3O3. The zero-order chi connectivity index (χ0) is 17.7. The number of carbonyl (C=O) groups excluding carboxylic acids is 2. The van der Waals surface area contributed by atoms with Crippen molar-refractivity contribution < 1.29 is 14.3 Å². The molecule has 6 nitrogen and oxygen atoms in total. The summed E-state index contributed by atoms with van der Waals surface area (Å²) in [5, 5.41) is 3.06. The molecule has 1 atom stereocenters. The van der Waals surface area contributed by atoms with Gasteiger partial charge in [0, 0.05) is 25.8 Å². The summed E-state index contributed by atoms with van der Waals surface area (Å²) in [6.45, 7) is 7.31. The van der Waals surface area contributed by atoms with Gasteiger partial charge in [0.2, 0.25) is 0 Å². The molecule has 24 heavy (non-hydrogen) atoms. The van der Waals surface area contributed by atoms with Gasteiger partial charge >= 0.3 is 6.09 Å². The van der Waals surface area contributed by atoms with Crippen LogP contribution in [0.2, 0.25) is 5.15 Å². The largest absolute Gasteiger partial charge is 0.444 e. The second-order valence-corrected chi connectivity index (χ2v) is 7.34. The maximum Gasteiger partial charge on any atom is 0.410 e. The maximum atomic E-state index is 12.2.